The highest BCUT2D eigenvalue weighted by Gasteiger charge is 2.45. The number of phenols is 1. The van der Waals surface area contributed by atoms with Crippen molar-refractivity contribution in [3.63, 3.8) is 0 Å². The lowest BCUT2D eigenvalue weighted by atomic mass is 9.91. The molecule has 18 amide bonds. The van der Waals surface area contributed by atoms with Crippen LogP contribution in [0.3, 0.4) is 0 Å². The maximum Gasteiger partial charge on any atom is 0.303 e. The summed E-state index contributed by atoms with van der Waals surface area (Å²) < 4.78 is 0. The number of aromatic amines is 1. The van der Waals surface area contributed by atoms with Crippen LogP contribution in [0.25, 0.3) is 10.9 Å². The standard InChI is InChI=1S/C94H139N25O30/c1-48-21-32-72(125)99-38-11-20-71(124)102-45-56(122)46-104-117-64(26-31-70(96)123)88(144)110-59(17-10-39-100-94(97)98)86(142)111-63(30-36-77(133)134)87(143)116-78(52(5)120)93(149)119-41-13-19-69(119)90(146)112-60(27-33-74(127)128)83(139)103-47-73(126)105-49(2)80(136)108-61(28-34-75(129)130)84(140)106-50(3)81(137)109-62(29-35-76(131)132)85(141)107-51(4)82(138)113-65(16-8-9-37-95)92(148)118-40-12-18-68(118)91(147)115-67(43-54-44-101-58-15-7-6-14-57(54)58)89(145)114-66(79(48)135)42-53-22-24-55(121)25-23-53/h6-7,14-15,22-25,44,48-52,59-69,78,101,104,117,120-121H,8-13,16-21,26-43,45-47,95H2,1-5H3,(H2,96,123)(H,99,125)(H,102,124)(H,103,139)(H,105,126)(H,106,140)(H,107,141)(H,108,136)(H,109,137)(H,110,144)(H,111,142)(H,112,146)(H,113,138)(H,114,145)(H,115,147)(H,116,143)(H,127,128)(H,129,130)(H,131,132)(H,133,134)(H4,97,98,100)/t48?,49-,50-,51-,52+,59-,60-,61-,62-,63-,64-,65-,66-,67-,68-,69-,78-/m0/s1. The molecule has 55 nitrogen and oxygen atoms in total. The van der Waals surface area contributed by atoms with Gasteiger partial charge in [0.2, 0.25) is 106 Å². The highest BCUT2D eigenvalue weighted by molar-refractivity contribution is 6.02. The fraction of sp³-hybridized carbons (Fsp3) is 0.585. The molecule has 32 N–H and O–H groups in total. The summed E-state index contributed by atoms with van der Waals surface area (Å²) in [6.07, 6.45) is -7.55. The van der Waals surface area contributed by atoms with Crippen molar-refractivity contribution in [1.82, 2.24) is 111 Å². The molecule has 0 aliphatic carbocycles. The number of para-hydroxylation sites is 1. The van der Waals surface area contributed by atoms with Crippen molar-refractivity contribution >= 4 is 159 Å². The number of H-pyrrole nitrogens is 1. The first-order valence-corrected chi connectivity index (χ1v) is 49.1. The van der Waals surface area contributed by atoms with Gasteiger partial charge in [0.05, 0.1) is 31.8 Å². The molecule has 0 saturated carbocycles. The molecular weight excluding hydrogens is 1960 g/mol. The third-order valence-electron chi connectivity index (χ3n) is 24.7. The van der Waals surface area contributed by atoms with Crippen LogP contribution >= 0.6 is 0 Å². The van der Waals surface area contributed by atoms with Gasteiger partial charge < -0.3 is 148 Å². The molecule has 4 heterocycles. The summed E-state index contributed by atoms with van der Waals surface area (Å²) in [5.41, 5.74) is 23.6. The first-order valence-electron chi connectivity index (χ1n) is 49.1. The number of amides is 18. The molecule has 0 radical (unpaired) electrons. The number of aromatic hydroxyl groups is 1. The Morgan fingerprint density at radius 2 is 0.899 bits per heavy atom. The SMILES string of the molecule is CC1CCC(=O)NCCCC(=O)NCC(=O)CNN[C@@H](CCC(N)=O)C(=O)N[C@@H](CCCNC(=N)N)C(=O)N[C@@H](CCC(=O)O)C(=O)N[C@@H]([C@@H](C)O)C(=O)N2CCC[C@H]2C(=O)N[C@@H](CCC(=O)O)C(=O)NCC(=O)N[C@@H](C)C(=O)N[C@@H](CCC(=O)O)C(=O)N[C@@H](C)C(=O)N[C@@H](CCC(=O)O)C(=O)N[C@@H](C)C(=O)N[C@@H](CCCCN)C(=O)N2CCC[C@H]2C(=O)N[C@@H](Cc2c[nH]c3ccccc23)C(=O)N[C@@H](Cc2ccc(O)cc2)C1=O. The van der Waals surface area contributed by atoms with Gasteiger partial charge in [0.15, 0.2) is 17.5 Å². The fourth-order valence-corrected chi connectivity index (χ4v) is 16.4. The van der Waals surface area contributed by atoms with Gasteiger partial charge in [-0.1, -0.05) is 37.3 Å². The van der Waals surface area contributed by atoms with E-state index in [0.29, 0.717) is 28.5 Å². The Balaban J connectivity index is 1.29. The summed E-state index contributed by atoms with van der Waals surface area (Å²) in [5, 5.41) is 108. The van der Waals surface area contributed by atoms with Crippen LogP contribution in [0.1, 0.15) is 193 Å². The van der Waals surface area contributed by atoms with E-state index in [0.717, 1.165) is 25.7 Å². The number of ketones is 2. The van der Waals surface area contributed by atoms with Crippen LogP contribution in [0, 0.1) is 11.3 Å². The highest BCUT2D eigenvalue weighted by atomic mass is 16.4. The number of hydrogen-bond acceptors (Lipinski definition) is 30. The average molecular weight is 2100 g/mol. The number of carboxylic acid groups (broad SMARTS) is 4. The van der Waals surface area contributed by atoms with Crippen molar-refractivity contribution in [2.45, 2.75) is 292 Å². The Hall–Kier alpha value is -15.4. The first kappa shape index (κ1) is 122. The van der Waals surface area contributed by atoms with Crippen molar-refractivity contribution < 1.29 is 146 Å². The molecule has 17 atom stereocenters. The second-order valence-corrected chi connectivity index (χ2v) is 36.7. The number of fused-ring (bicyclic) bond motifs is 3. The van der Waals surface area contributed by atoms with E-state index in [1.165, 1.54) is 43.0 Å². The van der Waals surface area contributed by atoms with Crippen molar-refractivity contribution in [3.8, 4) is 5.75 Å². The number of aliphatic hydroxyl groups is 1. The number of aliphatic carboxylic acids is 4. The molecule has 0 spiro atoms. The number of unbranched alkanes of at least 4 members (excludes halogenated alkanes) is 1. The van der Waals surface area contributed by atoms with E-state index in [9.17, 15) is 131 Å². The average Bonchev–Trinajstić information content (AvgIpc) is 1.69. The number of aromatic nitrogens is 1. The number of benzene rings is 2. The smallest absolute Gasteiger partial charge is 0.303 e. The molecule has 3 saturated heterocycles. The Morgan fingerprint density at radius 1 is 0.443 bits per heavy atom. The van der Waals surface area contributed by atoms with Crippen LogP contribution in [-0.2, 0) is 128 Å². The van der Waals surface area contributed by atoms with Gasteiger partial charge in [0, 0.05) is 101 Å². The number of carboxylic acids is 4. The number of nitrogens with zero attached hydrogens (tertiary/aromatic N) is 2. The number of nitrogens with two attached hydrogens (primary N) is 3. The number of hydrogen-bond donors (Lipinski definition) is 29. The summed E-state index contributed by atoms with van der Waals surface area (Å²) >= 11 is 0. The lowest BCUT2D eigenvalue weighted by molar-refractivity contribution is -0.145. The molecule has 1 unspecified atom stereocenters. The van der Waals surface area contributed by atoms with Crippen LogP contribution in [0.5, 0.6) is 5.75 Å². The zero-order valence-electron chi connectivity index (χ0n) is 83.5. The number of nitrogens with one attached hydrogen (secondary N) is 20. The number of aliphatic hydroxyl groups excluding tert-OH is 1. The van der Waals surface area contributed by atoms with Gasteiger partial charge >= 0.3 is 23.9 Å². The maximum atomic E-state index is 15.2. The first-order chi connectivity index (χ1) is 70.5. The van der Waals surface area contributed by atoms with E-state index in [1.807, 2.05) is 0 Å². The van der Waals surface area contributed by atoms with Gasteiger partial charge in [-0.3, -0.25) is 120 Å². The van der Waals surface area contributed by atoms with Gasteiger partial charge in [-0.2, -0.15) is 0 Å². The summed E-state index contributed by atoms with van der Waals surface area (Å²) in [7, 11) is 0. The normalized spacial score (nSPS) is 25.2. The van der Waals surface area contributed by atoms with Gasteiger partial charge in [-0.05, 0) is 173 Å². The zero-order chi connectivity index (χ0) is 110. The van der Waals surface area contributed by atoms with Gasteiger partial charge in [-0.15, -0.1) is 0 Å². The number of primary amides is 1. The second-order valence-electron chi connectivity index (χ2n) is 36.7. The van der Waals surface area contributed by atoms with E-state index in [1.54, 1.807) is 30.5 Å². The maximum absolute atomic E-state index is 15.2. The summed E-state index contributed by atoms with van der Waals surface area (Å²) in [4.78, 5) is 334. The van der Waals surface area contributed by atoms with E-state index in [4.69, 9.17) is 22.6 Å². The minimum atomic E-state index is -2.00. The van der Waals surface area contributed by atoms with E-state index >= 15 is 14.4 Å². The van der Waals surface area contributed by atoms with Gasteiger partial charge in [0.25, 0.3) is 0 Å². The Morgan fingerprint density at radius 3 is 1.44 bits per heavy atom. The molecule has 820 valence electrons. The second kappa shape index (κ2) is 61.9. The highest BCUT2D eigenvalue weighted by Crippen LogP contribution is 2.26. The summed E-state index contributed by atoms with van der Waals surface area (Å²) in [6, 6.07) is -11.7. The fourth-order valence-electron chi connectivity index (χ4n) is 16.4. The Bertz CT molecular complexity index is 5270. The van der Waals surface area contributed by atoms with Crippen LogP contribution in [0.4, 0.5) is 0 Å². The molecule has 3 aromatic rings. The largest absolute Gasteiger partial charge is 0.508 e. The number of hydrazine groups is 1. The molecule has 3 fully saturated rings. The monoisotopic (exact) mass is 2100 g/mol. The number of carbonyl (C=O) groups is 24. The third kappa shape index (κ3) is 42.1. The molecule has 2 aromatic carbocycles. The zero-order valence-corrected chi connectivity index (χ0v) is 83.5. The minimum Gasteiger partial charge on any atom is -0.508 e. The Labute approximate surface area is 855 Å². The Kier molecular flexibility index (Phi) is 50.8. The van der Waals surface area contributed by atoms with E-state index in [2.05, 4.69) is 101 Å². The molecule has 149 heavy (non-hydrogen) atoms. The van der Waals surface area contributed by atoms with Crippen LogP contribution < -0.4 is 113 Å². The number of rotatable bonds is 28. The predicted octanol–water partition coefficient (Wildman–Crippen LogP) is -7.82. The van der Waals surface area contributed by atoms with Gasteiger partial charge in [0.1, 0.15) is 90.3 Å². The summed E-state index contributed by atoms with van der Waals surface area (Å²) in [6.45, 7) is 3.44. The molecule has 3 aliphatic heterocycles. The number of Topliss-reactive ketones (excluding diaryl/α,β-unsaturated/α-hetero) is 2. The lowest BCUT2D eigenvalue weighted by Gasteiger charge is -2.32. The predicted molar refractivity (Wildman–Crippen MR) is 525 cm³/mol. The van der Waals surface area contributed by atoms with E-state index in [-0.39, 0.29) is 128 Å². The molecule has 0 bridgehead atoms. The van der Waals surface area contributed by atoms with Crippen molar-refractivity contribution in [1.29, 1.82) is 5.41 Å². The van der Waals surface area contributed by atoms with E-state index < -0.39 is 334 Å². The van der Waals surface area contributed by atoms with Gasteiger partial charge in [-0.25, -0.2) is 10.9 Å². The quantitative estimate of drug-likeness (QED) is 0.0182. The number of phenolic OH excluding ortho intramolecular Hbond substituents is 1. The van der Waals surface area contributed by atoms with Crippen molar-refractivity contribution in [2.24, 2.45) is 23.1 Å². The van der Waals surface area contributed by atoms with Crippen LogP contribution in [-0.4, -0.2) is 342 Å². The molecule has 6 rings (SSSR count). The van der Waals surface area contributed by atoms with Crippen LogP contribution in [0.2, 0.25) is 0 Å². The van der Waals surface area contributed by atoms with Crippen molar-refractivity contribution in [3.05, 3.63) is 65.9 Å². The van der Waals surface area contributed by atoms with Crippen molar-refractivity contribution in [2.75, 3.05) is 52.4 Å². The summed E-state index contributed by atoms with van der Waals surface area (Å²) in [5.74, 6) is -27.0. The lowest BCUT2D eigenvalue weighted by Crippen LogP contribution is -2.61. The molecule has 55 heteroatoms. The molecule has 3 aliphatic rings. The number of guanidine groups is 1. The third-order valence-corrected chi connectivity index (χ3v) is 24.7. The van der Waals surface area contributed by atoms with Crippen LogP contribution in [0.15, 0.2) is 54.7 Å². The molecule has 1 aromatic heterocycles. The molecular formula is C94H139N25O30. The number of carbonyl (C=O) groups excluding carboxylic acids is 20. The minimum absolute atomic E-state index is 0.0419. The topological polar surface area (TPSA) is 872 Å².